The number of piperidine rings is 1. The largest absolute Gasteiger partial charge is 0.389 e. The van der Waals surface area contributed by atoms with Gasteiger partial charge in [0.05, 0.1) is 5.60 Å². The monoisotopic (exact) mass is 255 g/mol. The number of hydrogen-bond donors (Lipinski definition) is 2. The van der Waals surface area contributed by atoms with Crippen LogP contribution in [-0.4, -0.2) is 72.4 Å². The molecule has 2 aliphatic rings. The second-order valence-electron chi connectivity index (χ2n) is 6.54. The lowest BCUT2D eigenvalue weighted by Gasteiger charge is -2.39. The van der Waals surface area contributed by atoms with Gasteiger partial charge < -0.3 is 10.4 Å². The normalized spacial score (nSPS) is 28.5. The summed E-state index contributed by atoms with van der Waals surface area (Å²) in [5.41, 5.74) is -0.562. The Kier molecular flexibility index (Phi) is 5.01. The topological polar surface area (TPSA) is 38.7 Å². The van der Waals surface area contributed by atoms with Gasteiger partial charge in [-0.3, -0.25) is 9.80 Å². The molecule has 0 aliphatic carbocycles. The standard InChI is InChI=1S/C14H29N3O/c1-14(2,18)12-17-9-7-16(8-10-17)11-13-5-3-4-6-15-13/h13,15,18H,3-12H2,1-2H3. The van der Waals surface area contributed by atoms with E-state index in [2.05, 4.69) is 15.1 Å². The first kappa shape index (κ1) is 14.3. The fourth-order valence-corrected chi connectivity index (χ4v) is 3.07. The number of piperazine rings is 1. The molecule has 4 nitrogen and oxygen atoms in total. The van der Waals surface area contributed by atoms with Gasteiger partial charge in [0.15, 0.2) is 0 Å². The third-order valence-electron chi connectivity index (χ3n) is 3.97. The summed E-state index contributed by atoms with van der Waals surface area (Å²) in [6, 6.07) is 0.708. The van der Waals surface area contributed by atoms with Gasteiger partial charge in [0.25, 0.3) is 0 Å². The van der Waals surface area contributed by atoms with Crippen molar-refractivity contribution in [2.45, 2.75) is 44.8 Å². The molecule has 2 fully saturated rings. The molecule has 0 aromatic heterocycles. The molecular formula is C14H29N3O. The minimum Gasteiger partial charge on any atom is -0.389 e. The number of nitrogens with one attached hydrogen (secondary N) is 1. The van der Waals surface area contributed by atoms with Gasteiger partial charge in [-0.2, -0.15) is 0 Å². The Labute approximate surface area is 111 Å². The van der Waals surface area contributed by atoms with E-state index in [-0.39, 0.29) is 0 Å². The van der Waals surface area contributed by atoms with Crippen LogP contribution in [0.25, 0.3) is 0 Å². The molecule has 2 rings (SSSR count). The van der Waals surface area contributed by atoms with E-state index in [1.807, 2.05) is 13.8 Å². The summed E-state index contributed by atoms with van der Waals surface area (Å²) in [7, 11) is 0. The molecule has 0 aromatic rings. The van der Waals surface area contributed by atoms with Crippen LogP contribution in [0.1, 0.15) is 33.1 Å². The predicted octanol–water partition coefficient (Wildman–Crippen LogP) is 0.517. The summed E-state index contributed by atoms with van der Waals surface area (Å²) in [6.45, 7) is 11.5. The first-order valence-electron chi connectivity index (χ1n) is 7.43. The van der Waals surface area contributed by atoms with Crippen LogP contribution >= 0.6 is 0 Å². The van der Waals surface area contributed by atoms with Gasteiger partial charge in [-0.1, -0.05) is 6.42 Å². The van der Waals surface area contributed by atoms with E-state index in [4.69, 9.17) is 0 Å². The van der Waals surface area contributed by atoms with Gasteiger partial charge in [0, 0.05) is 45.3 Å². The van der Waals surface area contributed by atoms with E-state index in [0.29, 0.717) is 6.04 Å². The van der Waals surface area contributed by atoms with E-state index in [1.165, 1.54) is 32.4 Å². The van der Waals surface area contributed by atoms with Crippen molar-refractivity contribution in [1.29, 1.82) is 0 Å². The summed E-state index contributed by atoms with van der Waals surface area (Å²) >= 11 is 0. The Hall–Kier alpha value is -0.160. The maximum atomic E-state index is 9.83. The fraction of sp³-hybridized carbons (Fsp3) is 1.00. The molecule has 18 heavy (non-hydrogen) atoms. The number of hydrogen-bond acceptors (Lipinski definition) is 4. The average Bonchev–Trinajstić information content (AvgIpc) is 2.31. The molecule has 0 saturated carbocycles. The number of β-amino-alcohol motifs (C(OH)–C–C–N with tert-alkyl or cyclic N) is 1. The summed E-state index contributed by atoms with van der Waals surface area (Å²) in [5, 5.41) is 13.5. The van der Waals surface area contributed by atoms with Crippen molar-refractivity contribution >= 4 is 0 Å². The highest BCUT2D eigenvalue weighted by molar-refractivity contribution is 4.81. The SMILES string of the molecule is CC(C)(O)CN1CCN(CC2CCCCN2)CC1. The summed E-state index contributed by atoms with van der Waals surface area (Å²) in [6.07, 6.45) is 4.07. The fourth-order valence-electron chi connectivity index (χ4n) is 3.07. The van der Waals surface area contributed by atoms with Crippen molar-refractivity contribution in [2.24, 2.45) is 0 Å². The smallest absolute Gasteiger partial charge is 0.0718 e. The van der Waals surface area contributed by atoms with Gasteiger partial charge in [-0.15, -0.1) is 0 Å². The lowest BCUT2D eigenvalue weighted by molar-refractivity contribution is 0.0162. The zero-order valence-electron chi connectivity index (χ0n) is 12.0. The highest BCUT2D eigenvalue weighted by Crippen LogP contribution is 2.12. The zero-order valence-corrected chi connectivity index (χ0v) is 12.0. The first-order chi connectivity index (χ1) is 8.53. The molecule has 106 valence electrons. The van der Waals surface area contributed by atoms with Crippen LogP contribution < -0.4 is 5.32 Å². The van der Waals surface area contributed by atoms with Crippen LogP contribution in [0.15, 0.2) is 0 Å². The summed E-state index contributed by atoms with van der Waals surface area (Å²) < 4.78 is 0. The molecule has 1 atom stereocenters. The Balaban J connectivity index is 1.66. The Morgan fingerprint density at radius 3 is 2.33 bits per heavy atom. The maximum Gasteiger partial charge on any atom is 0.0718 e. The minimum absolute atomic E-state index is 0.562. The Bertz CT molecular complexity index is 238. The zero-order chi connectivity index (χ0) is 13.0. The van der Waals surface area contributed by atoms with Crippen LogP contribution in [-0.2, 0) is 0 Å². The van der Waals surface area contributed by atoms with E-state index >= 15 is 0 Å². The number of rotatable bonds is 4. The number of aliphatic hydroxyl groups is 1. The quantitative estimate of drug-likeness (QED) is 0.768. The maximum absolute atomic E-state index is 9.83. The molecular weight excluding hydrogens is 226 g/mol. The lowest BCUT2D eigenvalue weighted by Crippen LogP contribution is -2.53. The van der Waals surface area contributed by atoms with Gasteiger partial charge in [0.2, 0.25) is 0 Å². The van der Waals surface area contributed by atoms with Crippen molar-refractivity contribution in [1.82, 2.24) is 15.1 Å². The summed E-state index contributed by atoms with van der Waals surface area (Å²) in [4.78, 5) is 4.95. The second-order valence-corrected chi connectivity index (χ2v) is 6.54. The predicted molar refractivity (Wildman–Crippen MR) is 74.8 cm³/mol. The third kappa shape index (κ3) is 4.84. The lowest BCUT2D eigenvalue weighted by atomic mass is 10.0. The Morgan fingerprint density at radius 2 is 1.78 bits per heavy atom. The molecule has 2 N–H and O–H groups in total. The van der Waals surface area contributed by atoms with Gasteiger partial charge in [0.1, 0.15) is 0 Å². The summed E-state index contributed by atoms with van der Waals surface area (Å²) in [5.74, 6) is 0. The number of nitrogens with zero attached hydrogens (tertiary/aromatic N) is 2. The molecule has 0 radical (unpaired) electrons. The highest BCUT2D eigenvalue weighted by Gasteiger charge is 2.24. The van der Waals surface area contributed by atoms with Crippen LogP contribution in [0.3, 0.4) is 0 Å². The van der Waals surface area contributed by atoms with E-state index in [9.17, 15) is 5.11 Å². The molecule has 0 spiro atoms. The van der Waals surface area contributed by atoms with Crippen LogP contribution in [0, 0.1) is 0 Å². The van der Waals surface area contributed by atoms with Crippen LogP contribution in [0.2, 0.25) is 0 Å². The molecule has 0 bridgehead atoms. The van der Waals surface area contributed by atoms with Crippen molar-refractivity contribution in [3.8, 4) is 0 Å². The Morgan fingerprint density at radius 1 is 1.11 bits per heavy atom. The van der Waals surface area contributed by atoms with Crippen LogP contribution in [0.5, 0.6) is 0 Å². The van der Waals surface area contributed by atoms with Gasteiger partial charge in [-0.25, -0.2) is 0 Å². The molecule has 1 unspecified atom stereocenters. The molecule has 2 saturated heterocycles. The molecule has 2 heterocycles. The van der Waals surface area contributed by atoms with Crippen LogP contribution in [0.4, 0.5) is 0 Å². The minimum atomic E-state index is -0.562. The van der Waals surface area contributed by atoms with E-state index in [0.717, 1.165) is 32.7 Å². The van der Waals surface area contributed by atoms with Gasteiger partial charge in [-0.05, 0) is 33.2 Å². The van der Waals surface area contributed by atoms with E-state index in [1.54, 1.807) is 0 Å². The molecule has 0 aromatic carbocycles. The third-order valence-corrected chi connectivity index (χ3v) is 3.97. The van der Waals surface area contributed by atoms with Crippen molar-refractivity contribution in [3.63, 3.8) is 0 Å². The molecule has 2 aliphatic heterocycles. The van der Waals surface area contributed by atoms with Crippen molar-refractivity contribution < 1.29 is 5.11 Å². The second kappa shape index (κ2) is 6.33. The van der Waals surface area contributed by atoms with Crippen molar-refractivity contribution in [2.75, 3.05) is 45.8 Å². The molecule has 4 heteroatoms. The van der Waals surface area contributed by atoms with E-state index < -0.39 is 5.60 Å². The average molecular weight is 255 g/mol. The highest BCUT2D eigenvalue weighted by atomic mass is 16.3. The van der Waals surface area contributed by atoms with Gasteiger partial charge >= 0.3 is 0 Å². The molecule has 0 amide bonds. The van der Waals surface area contributed by atoms with Crippen molar-refractivity contribution in [3.05, 3.63) is 0 Å². The first-order valence-corrected chi connectivity index (χ1v) is 7.43.